The molecule has 5 heteroatoms. The predicted octanol–water partition coefficient (Wildman–Crippen LogP) is 3.52. The Bertz CT molecular complexity index is 921. The molecule has 1 heterocycles. The van der Waals surface area contributed by atoms with Crippen molar-refractivity contribution in [2.45, 2.75) is 14.4 Å². The number of anilines is 1. The minimum absolute atomic E-state index is 0. The molecule has 0 saturated carbocycles. The van der Waals surface area contributed by atoms with E-state index in [0.29, 0.717) is 11.8 Å². The Labute approximate surface area is 166 Å². The van der Waals surface area contributed by atoms with E-state index in [-0.39, 0.29) is 7.43 Å². The van der Waals surface area contributed by atoms with Crippen molar-refractivity contribution >= 4 is 34.5 Å². The first kappa shape index (κ1) is 19.8. The van der Waals surface area contributed by atoms with Gasteiger partial charge in [0, 0.05) is 6.92 Å². The van der Waals surface area contributed by atoms with Crippen LogP contribution in [0.1, 0.15) is 13.3 Å². The lowest BCUT2D eigenvalue weighted by Gasteiger charge is -2.25. The summed E-state index contributed by atoms with van der Waals surface area (Å²) < 4.78 is 5.81. The summed E-state index contributed by atoms with van der Waals surface area (Å²) in [4.78, 5) is 4.82. The number of nitrogens with zero attached hydrogens (tertiary/aromatic N) is 1. The van der Waals surface area contributed by atoms with Crippen LogP contribution in [-0.2, 0) is 0 Å². The predicted molar refractivity (Wildman–Crippen MR) is 121 cm³/mol. The monoisotopic (exact) mass is 390 g/mol. The summed E-state index contributed by atoms with van der Waals surface area (Å²) in [5.41, 5.74) is 3.58. The fourth-order valence-electron chi connectivity index (χ4n) is 3.51. The second-order valence-electron chi connectivity index (χ2n) is 6.21. The number of nitrogen functional groups attached to an aromatic ring is 1. The second-order valence-corrected chi connectivity index (χ2v) is 9.52. The molecule has 1 aromatic heterocycles. The summed E-state index contributed by atoms with van der Waals surface area (Å²) in [6, 6.07) is 31.5. The third-order valence-corrected chi connectivity index (χ3v) is 8.75. The molecule has 142 valence electrons. The lowest BCUT2D eigenvalue weighted by molar-refractivity contribution is 0.534. The van der Waals surface area contributed by atoms with E-state index < -0.39 is 7.26 Å². The first-order valence-corrected chi connectivity index (χ1v) is 10.6. The molecule has 3 N–H and O–H groups in total. The van der Waals surface area contributed by atoms with Crippen molar-refractivity contribution in [3.05, 3.63) is 96.9 Å². The van der Waals surface area contributed by atoms with Gasteiger partial charge in [-0.1, -0.05) is 62.0 Å². The summed E-state index contributed by atoms with van der Waals surface area (Å²) in [6.07, 6.45) is 0. The van der Waals surface area contributed by atoms with E-state index >= 15 is 0 Å². The zero-order chi connectivity index (χ0) is 18.7. The van der Waals surface area contributed by atoms with E-state index in [1.807, 2.05) is 25.1 Å². The van der Waals surface area contributed by atoms with Crippen LogP contribution in [0.2, 0.25) is 0 Å². The Morgan fingerprint density at radius 3 is 1.50 bits per heavy atom. The molecular weight excluding hydrogens is 365 g/mol. The van der Waals surface area contributed by atoms with Crippen LogP contribution in [0, 0.1) is 6.92 Å². The molecule has 4 rings (SSSR count). The van der Waals surface area contributed by atoms with E-state index in [1.165, 1.54) is 15.9 Å². The molecule has 0 radical (unpaired) electrons. The Morgan fingerprint density at radius 2 is 1.14 bits per heavy atom. The van der Waals surface area contributed by atoms with Crippen molar-refractivity contribution in [3.63, 3.8) is 0 Å². The lowest BCUT2D eigenvalue weighted by atomic mass is 10.4. The van der Waals surface area contributed by atoms with E-state index in [9.17, 15) is 0 Å². The number of hydrazine groups is 1. The highest BCUT2D eigenvalue weighted by Gasteiger charge is 2.52. The number of nitrogens with one attached hydrogen (secondary N) is 1. The van der Waals surface area contributed by atoms with Gasteiger partial charge in [0.1, 0.15) is 15.9 Å². The molecule has 4 nitrogen and oxygen atoms in total. The standard InChI is InChI=1S/C22H21N3OP.CH4/c1-17-24-22(21(25-23)26-17)27(18-11-5-2-6-12-18,19-13-7-3-8-14-19)20-15-9-4-10-16-20;/h2-16,25H,23H2,1H3;1H4/q+1;. The van der Waals surface area contributed by atoms with Gasteiger partial charge in [-0.05, 0) is 36.4 Å². The van der Waals surface area contributed by atoms with E-state index in [0.717, 1.165) is 5.44 Å². The Kier molecular flexibility index (Phi) is 5.93. The summed E-state index contributed by atoms with van der Waals surface area (Å²) >= 11 is 0. The molecule has 0 aliphatic carbocycles. The molecular formula is C23H25N3OP+. The topological polar surface area (TPSA) is 64.1 Å². The summed E-state index contributed by atoms with van der Waals surface area (Å²) in [5.74, 6) is 6.93. The Hall–Kier alpha value is -2.94. The summed E-state index contributed by atoms with van der Waals surface area (Å²) in [6.45, 7) is 1.85. The molecule has 0 fully saturated rings. The van der Waals surface area contributed by atoms with Crippen molar-refractivity contribution in [3.8, 4) is 0 Å². The van der Waals surface area contributed by atoms with E-state index in [4.69, 9.17) is 15.2 Å². The number of hydrogen-bond donors (Lipinski definition) is 2. The van der Waals surface area contributed by atoms with Gasteiger partial charge in [-0.3, -0.25) is 5.43 Å². The highest BCUT2D eigenvalue weighted by molar-refractivity contribution is 8.01. The van der Waals surface area contributed by atoms with E-state index in [2.05, 4.69) is 78.2 Å². The van der Waals surface area contributed by atoms with Crippen LogP contribution < -0.4 is 32.6 Å². The maximum absolute atomic E-state index is 5.83. The third kappa shape index (κ3) is 3.22. The van der Waals surface area contributed by atoms with Gasteiger partial charge in [0.25, 0.3) is 11.3 Å². The minimum Gasteiger partial charge on any atom is -0.420 e. The zero-order valence-electron chi connectivity index (χ0n) is 15.0. The first-order valence-electron chi connectivity index (χ1n) is 8.77. The van der Waals surface area contributed by atoms with E-state index in [1.54, 1.807) is 0 Å². The van der Waals surface area contributed by atoms with Gasteiger partial charge in [-0.15, -0.1) is 0 Å². The molecule has 0 unspecified atom stereocenters. The maximum Gasteiger partial charge on any atom is 0.273 e. The summed E-state index contributed by atoms with van der Waals surface area (Å²) in [5, 5.41) is 3.60. The average Bonchev–Trinajstić information content (AvgIpc) is 3.12. The number of rotatable bonds is 5. The van der Waals surface area contributed by atoms with Crippen LogP contribution >= 0.6 is 7.26 Å². The van der Waals surface area contributed by atoms with Crippen LogP contribution in [0.4, 0.5) is 5.88 Å². The van der Waals surface area contributed by atoms with Gasteiger partial charge in [-0.25, -0.2) is 5.84 Å². The number of nitrogens with two attached hydrogens (primary N) is 1. The lowest BCUT2D eigenvalue weighted by Crippen LogP contribution is -2.40. The first-order chi connectivity index (χ1) is 13.3. The molecule has 4 aromatic rings. The molecule has 0 aliphatic heterocycles. The molecule has 0 atom stereocenters. The van der Waals surface area contributed by atoms with Crippen molar-refractivity contribution in [1.29, 1.82) is 0 Å². The SMILES string of the molecule is C.Cc1nc([P+](c2ccccc2)(c2ccccc2)c2ccccc2)c(NN)o1. The Balaban J connectivity index is 0.00000225. The smallest absolute Gasteiger partial charge is 0.273 e. The quantitative estimate of drug-likeness (QED) is 0.311. The minimum atomic E-state index is -2.29. The van der Waals surface area contributed by atoms with Gasteiger partial charge in [0.15, 0.2) is 13.2 Å². The molecule has 0 bridgehead atoms. The van der Waals surface area contributed by atoms with Gasteiger partial charge in [0.05, 0.1) is 0 Å². The fourth-order valence-corrected chi connectivity index (χ4v) is 7.70. The maximum atomic E-state index is 5.83. The van der Waals surface area contributed by atoms with Gasteiger partial charge < -0.3 is 4.42 Å². The highest BCUT2D eigenvalue weighted by atomic mass is 31.2. The number of aromatic nitrogens is 1. The zero-order valence-corrected chi connectivity index (χ0v) is 15.9. The molecule has 0 aliphatic rings. The Morgan fingerprint density at radius 1 is 0.750 bits per heavy atom. The van der Waals surface area contributed by atoms with Gasteiger partial charge in [0.2, 0.25) is 0 Å². The molecule has 0 amide bonds. The van der Waals surface area contributed by atoms with Crippen molar-refractivity contribution in [1.82, 2.24) is 4.98 Å². The summed E-state index contributed by atoms with van der Waals surface area (Å²) in [7, 11) is -2.29. The number of oxazole rings is 1. The van der Waals surface area contributed by atoms with Crippen LogP contribution in [0.25, 0.3) is 0 Å². The van der Waals surface area contributed by atoms with Crippen molar-refractivity contribution in [2.24, 2.45) is 5.84 Å². The number of hydrogen-bond acceptors (Lipinski definition) is 4. The molecule has 0 saturated heterocycles. The van der Waals surface area contributed by atoms with Crippen LogP contribution in [0.5, 0.6) is 0 Å². The normalized spacial score (nSPS) is 10.9. The molecule has 28 heavy (non-hydrogen) atoms. The number of aryl methyl sites for hydroxylation is 1. The fraction of sp³-hybridized carbons (Fsp3) is 0.0870. The van der Waals surface area contributed by atoms with Gasteiger partial charge >= 0.3 is 0 Å². The second kappa shape index (κ2) is 8.39. The largest absolute Gasteiger partial charge is 0.420 e. The number of benzene rings is 3. The molecule has 0 spiro atoms. The highest BCUT2D eigenvalue weighted by Crippen LogP contribution is 2.55. The third-order valence-electron chi connectivity index (χ3n) is 4.60. The van der Waals surface area contributed by atoms with Crippen LogP contribution in [-0.4, -0.2) is 4.98 Å². The van der Waals surface area contributed by atoms with Crippen molar-refractivity contribution < 1.29 is 4.42 Å². The van der Waals surface area contributed by atoms with Crippen LogP contribution in [0.3, 0.4) is 0 Å². The van der Waals surface area contributed by atoms with Crippen molar-refractivity contribution in [2.75, 3.05) is 5.43 Å². The average molecular weight is 390 g/mol. The van der Waals surface area contributed by atoms with Crippen LogP contribution in [0.15, 0.2) is 95.4 Å². The molecule has 3 aromatic carbocycles. The van der Waals surface area contributed by atoms with Gasteiger partial charge in [-0.2, -0.15) is 4.98 Å².